The quantitative estimate of drug-likeness (QED) is 0.595. The number of hydrogen-bond acceptors (Lipinski definition) is 5. The number of carbonyl (C=O) groups excluding carboxylic acids is 3. The third kappa shape index (κ3) is 1.89. The molecule has 2 aliphatic rings. The number of urea groups is 1. The lowest BCUT2D eigenvalue weighted by atomic mass is 10.1. The number of amides is 4. The van der Waals surface area contributed by atoms with Crippen LogP contribution in [0, 0.1) is 0 Å². The highest BCUT2D eigenvalue weighted by atomic mass is 16.7. The Bertz CT molecular complexity index is 665. The van der Waals surface area contributed by atoms with Gasteiger partial charge in [0.1, 0.15) is 5.57 Å². The zero-order valence-corrected chi connectivity index (χ0v) is 10.5. The predicted molar refractivity (Wildman–Crippen MR) is 66.9 cm³/mol. The van der Waals surface area contributed by atoms with E-state index in [9.17, 15) is 14.4 Å². The van der Waals surface area contributed by atoms with Crippen molar-refractivity contribution in [1.29, 1.82) is 0 Å². The number of hydrogen-bond donors (Lipinski definition) is 1. The van der Waals surface area contributed by atoms with Crippen molar-refractivity contribution in [1.82, 2.24) is 10.2 Å². The minimum absolute atomic E-state index is 0.106. The summed E-state index contributed by atoms with van der Waals surface area (Å²) in [5.41, 5.74) is 0.501. The smallest absolute Gasteiger partial charge is 0.331 e. The number of ether oxygens (including phenoxy) is 2. The molecular formula is C13H10N2O5. The Labute approximate surface area is 113 Å². The van der Waals surface area contributed by atoms with Crippen molar-refractivity contribution in [2.75, 3.05) is 13.8 Å². The molecule has 0 radical (unpaired) electrons. The molecule has 1 fully saturated rings. The van der Waals surface area contributed by atoms with Crippen LogP contribution in [0.4, 0.5) is 4.79 Å². The molecule has 1 saturated heterocycles. The van der Waals surface area contributed by atoms with Crippen molar-refractivity contribution in [3.05, 3.63) is 29.3 Å². The van der Waals surface area contributed by atoms with Gasteiger partial charge in [-0.3, -0.25) is 19.8 Å². The molecule has 3 rings (SSSR count). The van der Waals surface area contributed by atoms with Gasteiger partial charge in [-0.1, -0.05) is 6.07 Å². The lowest BCUT2D eigenvalue weighted by Gasteiger charge is -2.22. The van der Waals surface area contributed by atoms with E-state index in [2.05, 4.69) is 5.32 Å². The molecule has 2 heterocycles. The first kappa shape index (κ1) is 12.2. The summed E-state index contributed by atoms with van der Waals surface area (Å²) < 4.78 is 10.4. The molecule has 1 aromatic carbocycles. The lowest BCUT2D eigenvalue weighted by Crippen LogP contribution is -2.52. The summed E-state index contributed by atoms with van der Waals surface area (Å²) in [6, 6.07) is 4.31. The van der Waals surface area contributed by atoms with Gasteiger partial charge in [-0.2, -0.15) is 0 Å². The standard InChI is InChI=1S/C13H10N2O5/c1-15-12(17)8(11(16)14-13(15)18)4-7-2-3-9-10(5-7)20-6-19-9/h2-5H,6H2,1H3,(H,14,16,18)/b8-4+. The van der Waals surface area contributed by atoms with Gasteiger partial charge in [-0.15, -0.1) is 0 Å². The first-order chi connectivity index (χ1) is 9.56. The number of benzene rings is 1. The molecule has 7 nitrogen and oxygen atoms in total. The maximum absolute atomic E-state index is 11.9. The zero-order valence-electron chi connectivity index (χ0n) is 10.5. The van der Waals surface area contributed by atoms with Crippen LogP contribution in [-0.2, 0) is 9.59 Å². The summed E-state index contributed by atoms with van der Waals surface area (Å²) in [5, 5.41) is 2.09. The highest BCUT2D eigenvalue weighted by molar-refractivity contribution is 6.30. The fourth-order valence-corrected chi connectivity index (χ4v) is 1.92. The lowest BCUT2D eigenvalue weighted by molar-refractivity contribution is -0.129. The predicted octanol–water partition coefficient (Wildman–Crippen LogP) is 0.507. The molecule has 4 amide bonds. The largest absolute Gasteiger partial charge is 0.454 e. The van der Waals surface area contributed by atoms with Crippen molar-refractivity contribution in [2.24, 2.45) is 0 Å². The number of fused-ring (bicyclic) bond motifs is 1. The average Bonchev–Trinajstić information content (AvgIpc) is 2.88. The first-order valence-electron chi connectivity index (χ1n) is 5.81. The van der Waals surface area contributed by atoms with Crippen LogP contribution in [0.2, 0.25) is 0 Å². The molecule has 20 heavy (non-hydrogen) atoms. The third-order valence-corrected chi connectivity index (χ3v) is 3.01. The Balaban J connectivity index is 1.97. The molecule has 7 heteroatoms. The van der Waals surface area contributed by atoms with E-state index in [4.69, 9.17) is 9.47 Å². The van der Waals surface area contributed by atoms with Crippen LogP contribution in [0.5, 0.6) is 11.5 Å². The fraction of sp³-hybridized carbons (Fsp3) is 0.154. The number of imide groups is 2. The number of carbonyl (C=O) groups is 3. The fourth-order valence-electron chi connectivity index (χ4n) is 1.92. The molecule has 1 N–H and O–H groups in total. The van der Waals surface area contributed by atoms with Gasteiger partial charge in [0.05, 0.1) is 0 Å². The second-order valence-corrected chi connectivity index (χ2v) is 4.29. The van der Waals surface area contributed by atoms with Crippen molar-refractivity contribution in [2.45, 2.75) is 0 Å². The van der Waals surface area contributed by atoms with Gasteiger partial charge in [0.25, 0.3) is 11.8 Å². The molecule has 0 aromatic heterocycles. The highest BCUT2D eigenvalue weighted by Gasteiger charge is 2.33. The van der Waals surface area contributed by atoms with E-state index in [-0.39, 0.29) is 12.4 Å². The number of barbiturate groups is 1. The Morgan fingerprint density at radius 2 is 1.95 bits per heavy atom. The van der Waals surface area contributed by atoms with Gasteiger partial charge in [-0.25, -0.2) is 4.79 Å². The van der Waals surface area contributed by atoms with E-state index in [1.807, 2.05) is 0 Å². The van der Waals surface area contributed by atoms with Crippen LogP contribution >= 0.6 is 0 Å². The van der Waals surface area contributed by atoms with Gasteiger partial charge in [0, 0.05) is 7.05 Å². The van der Waals surface area contributed by atoms with E-state index in [0.29, 0.717) is 17.1 Å². The second kappa shape index (κ2) is 4.37. The highest BCUT2D eigenvalue weighted by Crippen LogP contribution is 2.33. The van der Waals surface area contributed by atoms with E-state index < -0.39 is 17.8 Å². The van der Waals surface area contributed by atoms with E-state index >= 15 is 0 Å². The van der Waals surface area contributed by atoms with Gasteiger partial charge in [0.15, 0.2) is 11.5 Å². The summed E-state index contributed by atoms with van der Waals surface area (Å²) in [7, 11) is 1.30. The van der Waals surface area contributed by atoms with Crippen LogP contribution < -0.4 is 14.8 Å². The molecule has 0 atom stereocenters. The summed E-state index contributed by atoms with van der Waals surface area (Å²) in [5.74, 6) is -0.196. The molecule has 0 saturated carbocycles. The van der Waals surface area contributed by atoms with Gasteiger partial charge >= 0.3 is 6.03 Å². The molecule has 0 bridgehead atoms. The third-order valence-electron chi connectivity index (χ3n) is 3.01. The van der Waals surface area contributed by atoms with Crippen molar-refractivity contribution in [3.63, 3.8) is 0 Å². The van der Waals surface area contributed by atoms with Crippen LogP contribution in [0.3, 0.4) is 0 Å². The van der Waals surface area contributed by atoms with Crippen molar-refractivity contribution in [3.8, 4) is 11.5 Å². The minimum Gasteiger partial charge on any atom is -0.454 e. The number of likely N-dealkylation sites (N-methyl/N-ethyl adjacent to an activating group) is 1. The maximum Gasteiger partial charge on any atom is 0.331 e. The molecule has 2 aliphatic heterocycles. The Morgan fingerprint density at radius 3 is 2.75 bits per heavy atom. The maximum atomic E-state index is 11.9. The van der Waals surface area contributed by atoms with Gasteiger partial charge < -0.3 is 9.47 Å². The Kier molecular flexibility index (Phi) is 2.67. The molecular weight excluding hydrogens is 264 g/mol. The van der Waals surface area contributed by atoms with Gasteiger partial charge in [-0.05, 0) is 23.8 Å². The molecule has 102 valence electrons. The van der Waals surface area contributed by atoms with Crippen LogP contribution in [0.1, 0.15) is 5.56 Å². The minimum atomic E-state index is -0.733. The number of nitrogens with zero attached hydrogens (tertiary/aromatic N) is 1. The summed E-state index contributed by atoms with van der Waals surface area (Å²) in [6.45, 7) is 0.145. The topological polar surface area (TPSA) is 84.9 Å². The normalized spacial score (nSPS) is 19.6. The number of nitrogens with one attached hydrogen (secondary N) is 1. The molecule has 1 aromatic rings. The van der Waals surface area contributed by atoms with E-state index in [1.54, 1.807) is 18.2 Å². The van der Waals surface area contributed by atoms with E-state index in [1.165, 1.54) is 13.1 Å². The Hall–Kier alpha value is -2.83. The SMILES string of the molecule is CN1C(=O)NC(=O)/C(=C\c2ccc3c(c2)OCO3)C1=O. The number of rotatable bonds is 1. The Morgan fingerprint density at radius 1 is 1.20 bits per heavy atom. The zero-order chi connectivity index (χ0) is 14.3. The average molecular weight is 274 g/mol. The summed E-state index contributed by atoms with van der Waals surface area (Å²) >= 11 is 0. The summed E-state index contributed by atoms with van der Waals surface area (Å²) in [4.78, 5) is 35.7. The van der Waals surface area contributed by atoms with Crippen LogP contribution in [-0.4, -0.2) is 36.6 Å². The molecule has 0 aliphatic carbocycles. The van der Waals surface area contributed by atoms with Crippen LogP contribution in [0.15, 0.2) is 23.8 Å². The molecule has 0 unspecified atom stereocenters. The van der Waals surface area contributed by atoms with Crippen LogP contribution in [0.25, 0.3) is 6.08 Å². The molecule has 0 spiro atoms. The first-order valence-corrected chi connectivity index (χ1v) is 5.81. The monoisotopic (exact) mass is 274 g/mol. The second-order valence-electron chi connectivity index (χ2n) is 4.29. The van der Waals surface area contributed by atoms with Crippen molar-refractivity contribution >= 4 is 23.9 Å². The van der Waals surface area contributed by atoms with E-state index in [0.717, 1.165) is 4.90 Å². The summed E-state index contributed by atoms with van der Waals surface area (Å²) in [6.07, 6.45) is 1.41. The van der Waals surface area contributed by atoms with Crippen molar-refractivity contribution < 1.29 is 23.9 Å². The van der Waals surface area contributed by atoms with Gasteiger partial charge in [0.2, 0.25) is 6.79 Å².